The van der Waals surface area contributed by atoms with Crippen LogP contribution in [0.2, 0.25) is 0 Å². The first-order valence-corrected chi connectivity index (χ1v) is 5.29. The van der Waals surface area contributed by atoms with Crippen molar-refractivity contribution in [2.45, 2.75) is 38.8 Å². The summed E-state index contributed by atoms with van der Waals surface area (Å²) in [6, 6.07) is -0.240. The highest BCUT2D eigenvalue weighted by Crippen LogP contribution is 2.28. The van der Waals surface area contributed by atoms with Gasteiger partial charge in [-0.3, -0.25) is 9.97 Å². The average Bonchev–Trinajstić information content (AvgIpc) is 2.29. The van der Waals surface area contributed by atoms with E-state index in [-0.39, 0.29) is 11.6 Å². The fraction of sp³-hybridized carbons (Fsp3) is 0.636. The number of hydrogen-bond donors (Lipinski definition) is 1. The SMILES string of the molecule is CCOC(C)(CC)C(N)c1cnccn1. The summed E-state index contributed by atoms with van der Waals surface area (Å²) in [6.07, 6.45) is 5.83. The van der Waals surface area contributed by atoms with Gasteiger partial charge in [0.15, 0.2) is 0 Å². The molecule has 0 aliphatic carbocycles. The smallest absolute Gasteiger partial charge is 0.0859 e. The Balaban J connectivity index is 2.86. The fourth-order valence-electron chi connectivity index (χ4n) is 1.53. The molecule has 4 heteroatoms. The molecule has 0 spiro atoms. The first kappa shape index (κ1) is 12.1. The molecule has 84 valence electrons. The maximum Gasteiger partial charge on any atom is 0.0859 e. The van der Waals surface area contributed by atoms with Gasteiger partial charge < -0.3 is 10.5 Å². The molecule has 4 nitrogen and oxygen atoms in total. The summed E-state index contributed by atoms with van der Waals surface area (Å²) in [4.78, 5) is 8.22. The van der Waals surface area contributed by atoms with Crippen LogP contribution in [-0.2, 0) is 4.74 Å². The Hall–Kier alpha value is -1.00. The van der Waals surface area contributed by atoms with Crippen molar-refractivity contribution in [2.75, 3.05) is 6.61 Å². The molecular formula is C11H19N3O. The fourth-order valence-corrected chi connectivity index (χ4v) is 1.53. The van der Waals surface area contributed by atoms with Gasteiger partial charge in [-0.1, -0.05) is 6.92 Å². The van der Waals surface area contributed by atoms with Crippen LogP contribution in [0.1, 0.15) is 38.9 Å². The van der Waals surface area contributed by atoms with Crippen molar-refractivity contribution >= 4 is 0 Å². The number of ether oxygens (including phenoxy) is 1. The lowest BCUT2D eigenvalue weighted by Crippen LogP contribution is -2.41. The average molecular weight is 209 g/mol. The van der Waals surface area contributed by atoms with Crippen molar-refractivity contribution in [3.05, 3.63) is 24.3 Å². The van der Waals surface area contributed by atoms with Gasteiger partial charge in [-0.25, -0.2) is 0 Å². The summed E-state index contributed by atoms with van der Waals surface area (Å²) in [5.41, 5.74) is 6.55. The summed E-state index contributed by atoms with van der Waals surface area (Å²) in [5.74, 6) is 0. The van der Waals surface area contributed by atoms with E-state index in [1.807, 2.05) is 13.8 Å². The highest BCUT2D eigenvalue weighted by atomic mass is 16.5. The Labute approximate surface area is 90.9 Å². The maximum atomic E-state index is 6.14. The van der Waals surface area contributed by atoms with Crippen molar-refractivity contribution < 1.29 is 4.74 Å². The van der Waals surface area contributed by atoms with Crippen LogP contribution in [0.5, 0.6) is 0 Å². The zero-order chi connectivity index (χ0) is 11.3. The minimum absolute atomic E-state index is 0.240. The van der Waals surface area contributed by atoms with Gasteiger partial charge in [0.25, 0.3) is 0 Å². The molecule has 0 aliphatic heterocycles. The van der Waals surface area contributed by atoms with E-state index in [1.54, 1.807) is 18.6 Å². The molecule has 0 fully saturated rings. The monoisotopic (exact) mass is 209 g/mol. The van der Waals surface area contributed by atoms with E-state index in [4.69, 9.17) is 10.5 Å². The zero-order valence-electron chi connectivity index (χ0n) is 9.60. The Morgan fingerprint density at radius 1 is 1.47 bits per heavy atom. The Morgan fingerprint density at radius 3 is 2.67 bits per heavy atom. The number of hydrogen-bond acceptors (Lipinski definition) is 4. The van der Waals surface area contributed by atoms with E-state index in [9.17, 15) is 0 Å². The number of rotatable bonds is 5. The second-order valence-corrected chi connectivity index (χ2v) is 3.71. The van der Waals surface area contributed by atoms with E-state index in [1.165, 1.54) is 0 Å². The van der Waals surface area contributed by atoms with Gasteiger partial charge in [-0.2, -0.15) is 0 Å². The summed E-state index contributed by atoms with van der Waals surface area (Å²) in [7, 11) is 0. The third-order valence-corrected chi connectivity index (χ3v) is 2.74. The van der Waals surface area contributed by atoms with Gasteiger partial charge in [-0.05, 0) is 20.3 Å². The highest BCUT2D eigenvalue weighted by molar-refractivity contribution is 5.07. The lowest BCUT2D eigenvalue weighted by Gasteiger charge is -2.33. The van der Waals surface area contributed by atoms with Crippen LogP contribution in [0.3, 0.4) is 0 Å². The topological polar surface area (TPSA) is 61.0 Å². The molecule has 1 aromatic rings. The third kappa shape index (κ3) is 2.73. The van der Waals surface area contributed by atoms with E-state index in [0.29, 0.717) is 6.61 Å². The molecule has 0 saturated carbocycles. The zero-order valence-corrected chi connectivity index (χ0v) is 9.60. The standard InChI is InChI=1S/C11H19N3O/c1-4-11(3,15-5-2)10(12)9-8-13-6-7-14-9/h6-8,10H,4-5,12H2,1-3H3. The van der Waals surface area contributed by atoms with Crippen molar-refractivity contribution in [1.29, 1.82) is 0 Å². The normalized spacial score (nSPS) is 17.1. The maximum absolute atomic E-state index is 6.14. The van der Waals surface area contributed by atoms with E-state index < -0.39 is 0 Å². The second-order valence-electron chi connectivity index (χ2n) is 3.71. The molecule has 0 amide bonds. The Kier molecular flexibility index (Phi) is 4.17. The van der Waals surface area contributed by atoms with Gasteiger partial charge in [0.1, 0.15) is 0 Å². The van der Waals surface area contributed by atoms with Crippen molar-refractivity contribution in [3.63, 3.8) is 0 Å². The summed E-state index contributed by atoms with van der Waals surface area (Å²) >= 11 is 0. The van der Waals surface area contributed by atoms with E-state index in [2.05, 4.69) is 16.9 Å². The number of nitrogens with two attached hydrogens (primary N) is 1. The highest BCUT2D eigenvalue weighted by Gasteiger charge is 2.32. The van der Waals surface area contributed by atoms with E-state index in [0.717, 1.165) is 12.1 Å². The molecular weight excluding hydrogens is 190 g/mol. The number of aromatic nitrogens is 2. The van der Waals surface area contributed by atoms with Crippen LogP contribution in [0.15, 0.2) is 18.6 Å². The van der Waals surface area contributed by atoms with Crippen LogP contribution in [-0.4, -0.2) is 22.2 Å². The minimum atomic E-state index is -0.370. The first-order valence-electron chi connectivity index (χ1n) is 5.29. The lowest BCUT2D eigenvalue weighted by molar-refractivity contribution is -0.0481. The Bertz CT molecular complexity index is 291. The van der Waals surface area contributed by atoms with Crippen LogP contribution in [0.4, 0.5) is 0 Å². The molecule has 1 rings (SSSR count). The van der Waals surface area contributed by atoms with Gasteiger partial charge in [0.2, 0.25) is 0 Å². The van der Waals surface area contributed by atoms with Crippen LogP contribution in [0.25, 0.3) is 0 Å². The molecule has 2 unspecified atom stereocenters. The Morgan fingerprint density at radius 2 is 2.20 bits per heavy atom. The first-order chi connectivity index (χ1) is 7.14. The second kappa shape index (κ2) is 5.19. The van der Waals surface area contributed by atoms with Crippen LogP contribution >= 0.6 is 0 Å². The van der Waals surface area contributed by atoms with Gasteiger partial charge in [-0.15, -0.1) is 0 Å². The van der Waals surface area contributed by atoms with Crippen LogP contribution in [0, 0.1) is 0 Å². The summed E-state index contributed by atoms with van der Waals surface area (Å²) in [5, 5.41) is 0. The van der Waals surface area contributed by atoms with Gasteiger partial charge >= 0.3 is 0 Å². The summed E-state index contributed by atoms with van der Waals surface area (Å²) < 4.78 is 5.70. The van der Waals surface area contributed by atoms with Gasteiger partial charge in [0.05, 0.1) is 23.5 Å². The molecule has 1 aromatic heterocycles. The molecule has 0 aromatic carbocycles. The molecule has 15 heavy (non-hydrogen) atoms. The van der Waals surface area contributed by atoms with Gasteiger partial charge in [0, 0.05) is 19.0 Å². The predicted molar refractivity (Wildman–Crippen MR) is 59.3 cm³/mol. The van der Waals surface area contributed by atoms with Crippen molar-refractivity contribution in [2.24, 2.45) is 5.73 Å². The molecule has 0 bridgehead atoms. The molecule has 0 aliphatic rings. The molecule has 0 saturated heterocycles. The lowest BCUT2D eigenvalue weighted by atomic mass is 9.91. The van der Waals surface area contributed by atoms with Crippen molar-refractivity contribution in [1.82, 2.24) is 9.97 Å². The molecule has 2 atom stereocenters. The minimum Gasteiger partial charge on any atom is -0.374 e. The van der Waals surface area contributed by atoms with Crippen molar-refractivity contribution in [3.8, 4) is 0 Å². The third-order valence-electron chi connectivity index (χ3n) is 2.74. The largest absolute Gasteiger partial charge is 0.374 e. The molecule has 1 heterocycles. The molecule has 0 radical (unpaired) electrons. The number of nitrogens with zero attached hydrogens (tertiary/aromatic N) is 2. The predicted octanol–water partition coefficient (Wildman–Crippen LogP) is 1.68. The molecule has 2 N–H and O–H groups in total. The quantitative estimate of drug-likeness (QED) is 0.801. The van der Waals surface area contributed by atoms with Crippen LogP contribution < -0.4 is 5.73 Å². The summed E-state index contributed by atoms with van der Waals surface area (Å²) in [6.45, 7) is 6.69. The van der Waals surface area contributed by atoms with E-state index >= 15 is 0 Å².